The van der Waals surface area contributed by atoms with Gasteiger partial charge in [0.25, 0.3) is 5.91 Å². The maximum absolute atomic E-state index is 13.0. The summed E-state index contributed by atoms with van der Waals surface area (Å²) in [6.07, 6.45) is 3.73. The second-order valence-electron chi connectivity index (χ2n) is 6.82. The highest BCUT2D eigenvalue weighted by Crippen LogP contribution is 2.24. The fourth-order valence-corrected chi connectivity index (χ4v) is 4.78. The Labute approximate surface area is 174 Å². The fraction of sp³-hybridized carbons (Fsp3) is 0.136. The summed E-state index contributed by atoms with van der Waals surface area (Å²) in [6.45, 7) is 2.20. The van der Waals surface area contributed by atoms with Gasteiger partial charge in [0.2, 0.25) is 9.84 Å². The Balaban J connectivity index is 1.47. The third-order valence-corrected chi connectivity index (χ3v) is 6.75. The molecule has 0 fully saturated rings. The number of carbonyl (C=O) groups excluding carboxylic acids is 1. The van der Waals surface area contributed by atoms with E-state index in [1.165, 1.54) is 6.20 Å². The first kappa shape index (κ1) is 19.8. The molecule has 1 amide bonds. The first-order valence-electron chi connectivity index (χ1n) is 9.48. The lowest BCUT2D eigenvalue weighted by atomic mass is 10.2. The Bertz CT molecular complexity index is 1310. The largest absolute Gasteiger partial charge is 0.348 e. The van der Waals surface area contributed by atoms with Gasteiger partial charge in [-0.05, 0) is 41.8 Å². The molecule has 0 spiro atoms. The second kappa shape index (κ2) is 8.08. The molecular formula is C22H20N4O3S. The molecule has 4 aromatic rings. The number of nitrogens with zero attached hydrogens (tertiary/aromatic N) is 2. The van der Waals surface area contributed by atoms with Gasteiger partial charge in [0.05, 0.1) is 21.6 Å². The zero-order valence-electron chi connectivity index (χ0n) is 16.3. The van der Waals surface area contributed by atoms with Crippen LogP contribution in [0.3, 0.4) is 0 Å². The van der Waals surface area contributed by atoms with E-state index < -0.39 is 9.84 Å². The number of benzene rings is 2. The molecule has 4 rings (SSSR count). The van der Waals surface area contributed by atoms with Crippen molar-refractivity contribution in [1.29, 1.82) is 0 Å². The Morgan fingerprint density at radius 1 is 1.07 bits per heavy atom. The van der Waals surface area contributed by atoms with Gasteiger partial charge in [0.1, 0.15) is 0 Å². The zero-order chi connectivity index (χ0) is 21.1. The molecule has 2 aromatic carbocycles. The fourth-order valence-electron chi connectivity index (χ4n) is 3.22. The number of sulfone groups is 1. The van der Waals surface area contributed by atoms with Crippen LogP contribution in [-0.4, -0.2) is 29.5 Å². The maximum atomic E-state index is 13.0. The van der Waals surface area contributed by atoms with Crippen LogP contribution in [0.15, 0.2) is 76.8 Å². The van der Waals surface area contributed by atoms with Gasteiger partial charge in [0, 0.05) is 18.1 Å². The third kappa shape index (κ3) is 3.81. The van der Waals surface area contributed by atoms with Crippen molar-refractivity contribution in [1.82, 2.24) is 20.5 Å². The van der Waals surface area contributed by atoms with E-state index in [2.05, 4.69) is 20.5 Å². The Morgan fingerprint density at radius 2 is 1.83 bits per heavy atom. The number of pyridine rings is 1. The van der Waals surface area contributed by atoms with E-state index in [1.54, 1.807) is 48.7 Å². The highest BCUT2D eigenvalue weighted by molar-refractivity contribution is 7.91. The van der Waals surface area contributed by atoms with Crippen LogP contribution in [0.5, 0.6) is 0 Å². The predicted octanol–water partition coefficient (Wildman–Crippen LogP) is 3.28. The molecular weight excluding hydrogens is 400 g/mol. The summed E-state index contributed by atoms with van der Waals surface area (Å²) < 4.78 is 26.0. The second-order valence-corrected chi connectivity index (χ2v) is 8.74. The molecule has 0 aliphatic carbocycles. The molecule has 8 heteroatoms. The van der Waals surface area contributed by atoms with Crippen LogP contribution in [0.2, 0.25) is 0 Å². The number of H-pyrrole nitrogens is 1. The number of fused-ring (bicyclic) bond motifs is 1. The monoisotopic (exact) mass is 420 g/mol. The molecule has 0 unspecified atom stereocenters. The number of aromatic nitrogens is 3. The molecule has 7 nitrogen and oxygen atoms in total. The minimum atomic E-state index is -3.59. The van der Waals surface area contributed by atoms with Gasteiger partial charge in [-0.15, -0.1) is 0 Å². The summed E-state index contributed by atoms with van der Waals surface area (Å²) in [4.78, 5) is 17.1. The first-order valence-corrected chi connectivity index (χ1v) is 11.0. The number of hydrogen-bond acceptors (Lipinski definition) is 5. The molecule has 0 bridgehead atoms. The molecule has 0 saturated heterocycles. The van der Waals surface area contributed by atoms with Gasteiger partial charge in [-0.3, -0.25) is 9.89 Å². The molecule has 2 aromatic heterocycles. The van der Waals surface area contributed by atoms with Gasteiger partial charge < -0.3 is 5.32 Å². The molecule has 0 aliphatic rings. The van der Waals surface area contributed by atoms with Crippen LogP contribution in [0, 0.1) is 0 Å². The number of hydrogen-bond donors (Lipinski definition) is 2. The Kier molecular flexibility index (Phi) is 5.33. The normalized spacial score (nSPS) is 11.5. The minimum absolute atomic E-state index is 0.230. The Morgan fingerprint density at radius 3 is 2.60 bits per heavy atom. The van der Waals surface area contributed by atoms with Crippen molar-refractivity contribution in [2.24, 2.45) is 0 Å². The van der Waals surface area contributed by atoms with Crippen LogP contribution in [-0.2, 0) is 22.8 Å². The zero-order valence-corrected chi connectivity index (χ0v) is 17.1. The van der Waals surface area contributed by atoms with Crippen molar-refractivity contribution >= 4 is 26.8 Å². The van der Waals surface area contributed by atoms with E-state index >= 15 is 0 Å². The highest BCUT2D eigenvalue weighted by Gasteiger charge is 2.20. The van der Waals surface area contributed by atoms with Gasteiger partial charge in [0.15, 0.2) is 5.65 Å². The molecule has 0 atom stereocenters. The average Bonchev–Trinajstić information content (AvgIpc) is 3.25. The lowest BCUT2D eigenvalue weighted by Gasteiger charge is -2.10. The van der Waals surface area contributed by atoms with Crippen molar-refractivity contribution < 1.29 is 13.2 Å². The number of amides is 1. The van der Waals surface area contributed by atoms with Gasteiger partial charge >= 0.3 is 0 Å². The number of rotatable bonds is 6. The molecule has 0 saturated carbocycles. The van der Waals surface area contributed by atoms with Crippen LogP contribution in [0.1, 0.15) is 28.4 Å². The molecule has 2 heterocycles. The molecule has 152 valence electrons. The SMILES string of the molecule is CCc1ccccc1S(=O)(=O)c1ccc(CNC(=O)c2cnc3[nH]ncc3c2)cc1. The van der Waals surface area contributed by atoms with Crippen molar-refractivity contribution in [2.45, 2.75) is 29.7 Å². The highest BCUT2D eigenvalue weighted by atomic mass is 32.2. The van der Waals surface area contributed by atoms with Crippen molar-refractivity contribution in [3.05, 3.63) is 83.7 Å². The average molecular weight is 420 g/mol. The molecule has 2 N–H and O–H groups in total. The predicted molar refractivity (Wildman–Crippen MR) is 113 cm³/mol. The summed E-state index contributed by atoms with van der Waals surface area (Å²) in [5, 5.41) is 10.2. The van der Waals surface area contributed by atoms with Crippen molar-refractivity contribution in [2.75, 3.05) is 0 Å². The summed E-state index contributed by atoms with van der Waals surface area (Å²) >= 11 is 0. The maximum Gasteiger partial charge on any atom is 0.253 e. The number of nitrogens with one attached hydrogen (secondary N) is 2. The number of aromatic amines is 1. The quantitative estimate of drug-likeness (QED) is 0.498. The van der Waals surface area contributed by atoms with E-state index in [-0.39, 0.29) is 17.3 Å². The van der Waals surface area contributed by atoms with Crippen LogP contribution in [0.4, 0.5) is 0 Å². The van der Waals surface area contributed by atoms with E-state index in [0.717, 1.165) is 16.5 Å². The smallest absolute Gasteiger partial charge is 0.253 e. The lowest BCUT2D eigenvalue weighted by Crippen LogP contribution is -2.22. The summed E-state index contributed by atoms with van der Waals surface area (Å²) in [6, 6.07) is 15.3. The summed E-state index contributed by atoms with van der Waals surface area (Å²) in [5.74, 6) is -0.265. The molecule has 0 radical (unpaired) electrons. The molecule has 30 heavy (non-hydrogen) atoms. The topological polar surface area (TPSA) is 105 Å². The van der Waals surface area contributed by atoms with Crippen molar-refractivity contribution in [3.8, 4) is 0 Å². The van der Waals surface area contributed by atoms with Crippen LogP contribution >= 0.6 is 0 Å². The molecule has 0 aliphatic heterocycles. The van der Waals surface area contributed by atoms with E-state index in [0.29, 0.717) is 22.5 Å². The first-order chi connectivity index (χ1) is 14.5. The number of aryl methyl sites for hydroxylation is 1. The summed E-state index contributed by atoms with van der Waals surface area (Å²) in [7, 11) is -3.59. The summed E-state index contributed by atoms with van der Waals surface area (Å²) in [5.41, 5.74) is 2.63. The lowest BCUT2D eigenvalue weighted by molar-refractivity contribution is 0.0950. The minimum Gasteiger partial charge on any atom is -0.348 e. The Hall–Kier alpha value is -3.52. The van der Waals surface area contributed by atoms with Crippen LogP contribution < -0.4 is 5.32 Å². The standard InChI is InChI=1S/C22H20N4O3S/c1-2-16-5-3-4-6-20(16)30(28,29)19-9-7-15(8-10-19)12-24-22(27)18-11-17-14-25-26-21(17)23-13-18/h3-11,13-14H,2,12H2,1H3,(H,24,27)(H,23,25,26). The van der Waals surface area contributed by atoms with Crippen LogP contribution in [0.25, 0.3) is 11.0 Å². The van der Waals surface area contributed by atoms with E-state index in [4.69, 9.17) is 0 Å². The van der Waals surface area contributed by atoms with Gasteiger partial charge in [-0.2, -0.15) is 5.10 Å². The van der Waals surface area contributed by atoms with Gasteiger partial charge in [-0.25, -0.2) is 13.4 Å². The van der Waals surface area contributed by atoms with Crippen molar-refractivity contribution in [3.63, 3.8) is 0 Å². The van der Waals surface area contributed by atoms with E-state index in [1.807, 2.05) is 19.1 Å². The third-order valence-electron chi connectivity index (χ3n) is 4.88. The van der Waals surface area contributed by atoms with E-state index in [9.17, 15) is 13.2 Å². The number of carbonyl (C=O) groups is 1. The van der Waals surface area contributed by atoms with Gasteiger partial charge in [-0.1, -0.05) is 37.3 Å².